The van der Waals surface area contributed by atoms with Crippen LogP contribution in [-0.2, 0) is 13.6 Å². The quantitative estimate of drug-likeness (QED) is 0.741. The van der Waals surface area contributed by atoms with Crippen molar-refractivity contribution < 1.29 is 9.53 Å². The van der Waals surface area contributed by atoms with Crippen molar-refractivity contribution >= 4 is 27.5 Å². The SMILES string of the molecule is CCn1nccc1C(=O)N=c1sc2c(C)ccc(OC)c2n1C. The van der Waals surface area contributed by atoms with Crippen molar-refractivity contribution in [2.75, 3.05) is 7.11 Å². The van der Waals surface area contributed by atoms with Crippen LogP contribution in [0, 0.1) is 6.92 Å². The summed E-state index contributed by atoms with van der Waals surface area (Å²) in [6.45, 7) is 4.61. The number of methoxy groups -OCH3 is 1. The molecule has 0 unspecified atom stereocenters. The van der Waals surface area contributed by atoms with Gasteiger partial charge in [0, 0.05) is 19.8 Å². The molecule has 120 valence electrons. The Balaban J connectivity index is 2.19. The summed E-state index contributed by atoms with van der Waals surface area (Å²) in [5.74, 6) is 0.486. The number of nitrogens with zero attached hydrogens (tertiary/aromatic N) is 4. The predicted octanol–water partition coefficient (Wildman–Crippen LogP) is 2.51. The maximum absolute atomic E-state index is 12.5. The van der Waals surface area contributed by atoms with Gasteiger partial charge in [-0.25, -0.2) is 0 Å². The molecule has 0 N–H and O–H groups in total. The molecule has 1 amide bonds. The summed E-state index contributed by atoms with van der Waals surface area (Å²) in [5, 5.41) is 4.12. The van der Waals surface area contributed by atoms with E-state index in [-0.39, 0.29) is 5.91 Å². The van der Waals surface area contributed by atoms with E-state index in [4.69, 9.17) is 4.74 Å². The van der Waals surface area contributed by atoms with Crippen molar-refractivity contribution in [2.45, 2.75) is 20.4 Å². The van der Waals surface area contributed by atoms with Gasteiger partial charge in [0.1, 0.15) is 17.0 Å². The highest BCUT2D eigenvalue weighted by atomic mass is 32.1. The number of aryl methyl sites for hydroxylation is 3. The molecule has 2 aromatic heterocycles. The average molecular weight is 330 g/mol. The first-order valence-corrected chi connectivity index (χ1v) is 8.12. The highest BCUT2D eigenvalue weighted by Crippen LogP contribution is 2.29. The van der Waals surface area contributed by atoms with Gasteiger partial charge in [0.05, 0.1) is 11.8 Å². The second-order valence-corrected chi connectivity index (χ2v) is 6.13. The Labute approximate surface area is 137 Å². The third-order valence-electron chi connectivity index (χ3n) is 3.76. The van der Waals surface area contributed by atoms with Crippen LogP contribution in [0.2, 0.25) is 0 Å². The number of ether oxygens (including phenoxy) is 1. The summed E-state index contributed by atoms with van der Waals surface area (Å²) in [5.41, 5.74) is 2.58. The minimum absolute atomic E-state index is 0.289. The van der Waals surface area contributed by atoms with Gasteiger partial charge in [-0.1, -0.05) is 17.4 Å². The van der Waals surface area contributed by atoms with Crippen LogP contribution in [0.15, 0.2) is 29.4 Å². The van der Waals surface area contributed by atoms with E-state index < -0.39 is 0 Å². The van der Waals surface area contributed by atoms with Gasteiger partial charge in [-0.05, 0) is 31.5 Å². The zero-order chi connectivity index (χ0) is 16.6. The van der Waals surface area contributed by atoms with Crippen LogP contribution >= 0.6 is 11.3 Å². The minimum Gasteiger partial charge on any atom is -0.495 e. The molecule has 1 aromatic carbocycles. The summed E-state index contributed by atoms with van der Waals surface area (Å²) in [6.07, 6.45) is 1.62. The number of hydrogen-bond acceptors (Lipinski definition) is 4. The molecular weight excluding hydrogens is 312 g/mol. The van der Waals surface area contributed by atoms with Crippen LogP contribution in [0.3, 0.4) is 0 Å². The fraction of sp³-hybridized carbons (Fsp3) is 0.312. The first-order chi connectivity index (χ1) is 11.1. The third-order valence-corrected chi connectivity index (χ3v) is 5.03. The predicted molar refractivity (Wildman–Crippen MR) is 89.9 cm³/mol. The van der Waals surface area contributed by atoms with Crippen LogP contribution in [0.1, 0.15) is 23.0 Å². The molecule has 0 saturated carbocycles. The molecule has 0 aliphatic heterocycles. The van der Waals surface area contributed by atoms with Crippen molar-refractivity contribution in [3.8, 4) is 5.75 Å². The number of benzene rings is 1. The van der Waals surface area contributed by atoms with Crippen LogP contribution in [-0.4, -0.2) is 27.4 Å². The molecule has 0 atom stereocenters. The van der Waals surface area contributed by atoms with Gasteiger partial charge in [0.25, 0.3) is 5.91 Å². The lowest BCUT2D eigenvalue weighted by Gasteiger charge is -2.05. The van der Waals surface area contributed by atoms with Crippen molar-refractivity contribution in [1.29, 1.82) is 0 Å². The second-order valence-electron chi connectivity index (χ2n) is 5.16. The molecule has 23 heavy (non-hydrogen) atoms. The monoisotopic (exact) mass is 330 g/mol. The largest absolute Gasteiger partial charge is 0.495 e. The fourth-order valence-electron chi connectivity index (χ4n) is 2.53. The lowest BCUT2D eigenvalue weighted by Crippen LogP contribution is -2.15. The summed E-state index contributed by atoms with van der Waals surface area (Å²) in [7, 11) is 3.54. The lowest BCUT2D eigenvalue weighted by atomic mass is 10.2. The molecular formula is C16H18N4O2S. The Morgan fingerprint density at radius 1 is 1.39 bits per heavy atom. The van der Waals surface area contributed by atoms with E-state index in [2.05, 4.69) is 10.1 Å². The number of carbonyl (C=O) groups is 1. The number of fused-ring (bicyclic) bond motifs is 1. The molecule has 3 rings (SSSR count). The molecule has 0 aliphatic carbocycles. The smallest absolute Gasteiger partial charge is 0.297 e. The molecule has 0 fully saturated rings. The molecule has 7 heteroatoms. The van der Waals surface area contributed by atoms with Crippen molar-refractivity contribution in [3.05, 3.63) is 40.5 Å². The number of carbonyl (C=O) groups excluding carboxylic acids is 1. The first-order valence-electron chi connectivity index (χ1n) is 7.30. The minimum atomic E-state index is -0.289. The first kappa shape index (κ1) is 15.5. The van der Waals surface area contributed by atoms with Gasteiger partial charge in [-0.15, -0.1) is 0 Å². The highest BCUT2D eigenvalue weighted by Gasteiger charge is 2.14. The van der Waals surface area contributed by atoms with Gasteiger partial charge in [0.2, 0.25) is 0 Å². The summed E-state index contributed by atoms with van der Waals surface area (Å²) < 4.78 is 10.1. The van der Waals surface area contributed by atoms with Gasteiger partial charge < -0.3 is 9.30 Å². The van der Waals surface area contributed by atoms with E-state index in [1.54, 1.807) is 24.1 Å². The number of hydrogen-bond donors (Lipinski definition) is 0. The number of amides is 1. The Hall–Kier alpha value is -2.41. The summed E-state index contributed by atoms with van der Waals surface area (Å²) in [4.78, 5) is 17.4. The fourth-order valence-corrected chi connectivity index (χ4v) is 3.63. The molecule has 0 spiro atoms. The maximum Gasteiger partial charge on any atom is 0.297 e. The zero-order valence-corrected chi connectivity index (χ0v) is 14.3. The lowest BCUT2D eigenvalue weighted by molar-refractivity contribution is 0.0988. The second kappa shape index (κ2) is 6.00. The third kappa shape index (κ3) is 2.57. The standard InChI is InChI=1S/C16H18N4O2S/c1-5-20-11(8-9-17-20)15(21)18-16-19(3)13-12(22-4)7-6-10(2)14(13)23-16/h6-9H,5H2,1-4H3. The van der Waals surface area contributed by atoms with Crippen LogP contribution in [0.4, 0.5) is 0 Å². The van der Waals surface area contributed by atoms with E-state index >= 15 is 0 Å². The Bertz CT molecular complexity index is 949. The Kier molecular flexibility index (Phi) is 4.04. The average Bonchev–Trinajstić information content (AvgIpc) is 3.14. The van der Waals surface area contributed by atoms with E-state index in [1.807, 2.05) is 37.6 Å². The van der Waals surface area contributed by atoms with E-state index in [9.17, 15) is 4.79 Å². The molecule has 0 radical (unpaired) electrons. The topological polar surface area (TPSA) is 61.4 Å². The molecule has 2 heterocycles. The summed E-state index contributed by atoms with van der Waals surface area (Å²) in [6, 6.07) is 5.63. The van der Waals surface area contributed by atoms with Crippen molar-refractivity contribution in [3.63, 3.8) is 0 Å². The highest BCUT2D eigenvalue weighted by molar-refractivity contribution is 7.16. The summed E-state index contributed by atoms with van der Waals surface area (Å²) >= 11 is 1.48. The molecule has 0 bridgehead atoms. The molecule has 0 saturated heterocycles. The zero-order valence-electron chi connectivity index (χ0n) is 13.5. The Morgan fingerprint density at radius 3 is 2.87 bits per heavy atom. The van der Waals surface area contributed by atoms with E-state index in [0.717, 1.165) is 21.5 Å². The van der Waals surface area contributed by atoms with Crippen molar-refractivity contribution in [1.82, 2.24) is 14.3 Å². The van der Waals surface area contributed by atoms with E-state index in [0.29, 0.717) is 17.0 Å². The molecule has 6 nitrogen and oxygen atoms in total. The molecule has 0 aliphatic rings. The van der Waals surface area contributed by atoms with Gasteiger partial charge in [0.15, 0.2) is 4.80 Å². The van der Waals surface area contributed by atoms with Crippen LogP contribution < -0.4 is 9.54 Å². The van der Waals surface area contributed by atoms with Gasteiger partial charge >= 0.3 is 0 Å². The van der Waals surface area contributed by atoms with Gasteiger partial charge in [-0.2, -0.15) is 10.1 Å². The molecule has 3 aromatic rings. The normalized spacial score (nSPS) is 12.1. The van der Waals surface area contributed by atoms with Crippen molar-refractivity contribution in [2.24, 2.45) is 12.0 Å². The number of thiazole rings is 1. The van der Waals surface area contributed by atoms with Crippen LogP contribution in [0.5, 0.6) is 5.75 Å². The maximum atomic E-state index is 12.5. The number of rotatable bonds is 3. The van der Waals surface area contributed by atoms with E-state index in [1.165, 1.54) is 11.3 Å². The van der Waals surface area contributed by atoms with Crippen LogP contribution in [0.25, 0.3) is 10.2 Å². The van der Waals surface area contributed by atoms with Gasteiger partial charge in [-0.3, -0.25) is 9.48 Å². The number of aromatic nitrogens is 3. The Morgan fingerprint density at radius 2 is 2.17 bits per heavy atom.